The topological polar surface area (TPSA) is 74.6 Å². The third-order valence-electron chi connectivity index (χ3n) is 0.446. The summed E-state index contributed by atoms with van der Waals surface area (Å²) < 4.78 is 26.7. The SMILES string of the molecule is [2H]C([2H])=C(C(=O)O)C([2H])([2H])C(=O)O. The molecule has 4 nitrogen and oxygen atoms in total. The first kappa shape index (κ1) is 3.00. The smallest absolute Gasteiger partial charge is 0.331 e. The van der Waals surface area contributed by atoms with Crippen molar-refractivity contribution in [3.63, 3.8) is 0 Å². The molecule has 9 heavy (non-hydrogen) atoms. The van der Waals surface area contributed by atoms with Crippen LogP contribution in [0.25, 0.3) is 0 Å². The fraction of sp³-hybridized carbons (Fsp3) is 0.200. The van der Waals surface area contributed by atoms with Crippen molar-refractivity contribution in [3.05, 3.63) is 12.1 Å². The maximum absolute atomic E-state index is 10.3. The van der Waals surface area contributed by atoms with Gasteiger partial charge in [0.2, 0.25) is 0 Å². The summed E-state index contributed by atoms with van der Waals surface area (Å²) in [7, 11) is 0. The van der Waals surface area contributed by atoms with Gasteiger partial charge in [0, 0.05) is 8.31 Å². The molecule has 0 radical (unpaired) electrons. The van der Waals surface area contributed by atoms with Crippen LogP contribution in [0.15, 0.2) is 12.1 Å². The van der Waals surface area contributed by atoms with Crippen LogP contribution >= 0.6 is 0 Å². The van der Waals surface area contributed by atoms with Gasteiger partial charge in [-0.15, -0.1) is 0 Å². The van der Waals surface area contributed by atoms with Crippen molar-refractivity contribution in [3.8, 4) is 0 Å². The molecule has 4 heteroatoms. The fourth-order valence-corrected chi connectivity index (χ4v) is 0.160. The van der Waals surface area contributed by atoms with Gasteiger partial charge in [-0.1, -0.05) is 6.53 Å². The maximum Gasteiger partial charge on any atom is 0.331 e. The molecule has 0 aromatic carbocycles. The maximum atomic E-state index is 10.3. The Balaban J connectivity index is 5.35. The second-order valence-corrected chi connectivity index (χ2v) is 1.11. The molecule has 0 heterocycles. The van der Waals surface area contributed by atoms with Crippen LogP contribution in [0, 0.1) is 0 Å². The van der Waals surface area contributed by atoms with E-state index in [1.54, 1.807) is 0 Å². The molecule has 0 spiro atoms. The zero-order valence-electron chi connectivity index (χ0n) is 8.21. The molecule has 2 N–H and O–H groups in total. The lowest BCUT2D eigenvalue weighted by Gasteiger charge is -1.91. The average molecular weight is 134 g/mol. The van der Waals surface area contributed by atoms with Crippen molar-refractivity contribution >= 4 is 11.9 Å². The molecule has 0 aromatic rings. The predicted octanol–water partition coefficient (Wildman–Crippen LogP) is 0.102. The molecule has 0 atom stereocenters. The van der Waals surface area contributed by atoms with Crippen LogP contribution in [0.2, 0.25) is 0 Å². The zero-order chi connectivity index (χ0) is 10.8. The molecular weight excluding hydrogens is 124 g/mol. The Morgan fingerprint density at radius 1 is 1.67 bits per heavy atom. The van der Waals surface area contributed by atoms with E-state index in [4.69, 9.17) is 15.7 Å². The van der Waals surface area contributed by atoms with E-state index in [2.05, 4.69) is 0 Å². The molecular formula is C5H6O4. The summed E-state index contributed by atoms with van der Waals surface area (Å²) in [6.45, 7) is -1.36. The van der Waals surface area contributed by atoms with Gasteiger partial charge in [0.1, 0.15) is 0 Å². The van der Waals surface area contributed by atoms with E-state index in [9.17, 15) is 9.59 Å². The number of carboxylic acids is 2. The van der Waals surface area contributed by atoms with Gasteiger partial charge < -0.3 is 10.2 Å². The quantitative estimate of drug-likeness (QED) is 0.537. The van der Waals surface area contributed by atoms with Crippen LogP contribution in [0.1, 0.15) is 11.9 Å². The van der Waals surface area contributed by atoms with E-state index < -0.39 is 30.4 Å². The van der Waals surface area contributed by atoms with Crippen molar-refractivity contribution < 1.29 is 25.3 Å². The third-order valence-corrected chi connectivity index (χ3v) is 0.446. The van der Waals surface area contributed by atoms with Gasteiger partial charge in [0.05, 0.1) is 9.11 Å². The van der Waals surface area contributed by atoms with Crippen molar-refractivity contribution in [2.75, 3.05) is 0 Å². The van der Waals surface area contributed by atoms with Gasteiger partial charge in [-0.3, -0.25) is 4.79 Å². The molecule has 50 valence electrons. The number of hydrogen-bond donors (Lipinski definition) is 2. The van der Waals surface area contributed by atoms with E-state index in [1.165, 1.54) is 0 Å². The standard InChI is InChI=1S/C5H6O4/c1-3(5(8)9)2-4(6)7/h1-2H2,(H,6,7)(H,8,9)/i1D2,2D2. The van der Waals surface area contributed by atoms with E-state index >= 15 is 0 Å². The van der Waals surface area contributed by atoms with Gasteiger partial charge >= 0.3 is 11.9 Å². The van der Waals surface area contributed by atoms with Crippen LogP contribution in [0.4, 0.5) is 0 Å². The Hall–Kier alpha value is -1.32. The molecule has 0 amide bonds. The summed E-state index contributed by atoms with van der Waals surface area (Å²) >= 11 is 0. The van der Waals surface area contributed by atoms with Crippen LogP contribution in [0.3, 0.4) is 0 Å². The van der Waals surface area contributed by atoms with Crippen molar-refractivity contribution in [1.29, 1.82) is 0 Å². The van der Waals surface area contributed by atoms with Crippen LogP contribution in [-0.2, 0) is 9.59 Å². The number of carbonyl (C=O) groups is 2. The Labute approximate surface area is 57.0 Å². The third kappa shape index (κ3) is 3.28. The fourth-order valence-electron chi connectivity index (χ4n) is 0.160. The summed E-state index contributed by atoms with van der Waals surface area (Å²) in [4.78, 5) is 20.5. The van der Waals surface area contributed by atoms with Crippen molar-refractivity contribution in [1.82, 2.24) is 0 Å². The number of aliphatic carboxylic acids is 2. The zero-order valence-corrected chi connectivity index (χ0v) is 4.21. The largest absolute Gasteiger partial charge is 0.481 e. The Morgan fingerprint density at radius 2 is 2.22 bits per heavy atom. The Morgan fingerprint density at radius 3 is 2.33 bits per heavy atom. The lowest BCUT2D eigenvalue weighted by atomic mass is 10.2. The van der Waals surface area contributed by atoms with E-state index in [-0.39, 0.29) is 0 Å². The number of carboxylic acid groups (broad SMARTS) is 2. The van der Waals surface area contributed by atoms with E-state index in [0.717, 1.165) is 0 Å². The van der Waals surface area contributed by atoms with Crippen LogP contribution < -0.4 is 0 Å². The molecule has 0 aliphatic carbocycles. The second-order valence-electron chi connectivity index (χ2n) is 1.11. The Bertz CT molecular complexity index is 278. The molecule has 0 aliphatic rings. The highest BCUT2D eigenvalue weighted by molar-refractivity contribution is 5.91. The predicted molar refractivity (Wildman–Crippen MR) is 29.0 cm³/mol. The first-order chi connectivity index (χ1) is 5.71. The average Bonchev–Trinajstić information content (AvgIpc) is 1.82. The van der Waals surface area contributed by atoms with E-state index in [1.807, 2.05) is 0 Å². The van der Waals surface area contributed by atoms with Gasteiger partial charge in [-0.05, 0) is 0 Å². The number of rotatable bonds is 3. The van der Waals surface area contributed by atoms with Gasteiger partial charge in [0.25, 0.3) is 0 Å². The molecule has 0 fully saturated rings. The summed E-state index contributed by atoms with van der Waals surface area (Å²) in [5, 5.41) is 16.6. The highest BCUT2D eigenvalue weighted by Crippen LogP contribution is 1.95. The molecule has 0 aromatic heterocycles. The summed E-state index contributed by atoms with van der Waals surface area (Å²) in [6, 6.07) is 0. The van der Waals surface area contributed by atoms with Crippen molar-refractivity contribution in [2.45, 2.75) is 6.37 Å². The normalized spacial score (nSPS) is 16.0. The number of hydrogen-bond acceptors (Lipinski definition) is 2. The molecule has 0 saturated carbocycles. The lowest BCUT2D eigenvalue weighted by Crippen LogP contribution is -2.04. The summed E-state index contributed by atoms with van der Waals surface area (Å²) in [5.74, 6) is -3.96. The minimum atomic E-state index is -3.22. The second kappa shape index (κ2) is 2.86. The molecule has 0 aliphatic heterocycles. The van der Waals surface area contributed by atoms with Gasteiger partial charge in [0.15, 0.2) is 0 Å². The molecule has 0 unspecified atom stereocenters. The highest BCUT2D eigenvalue weighted by atomic mass is 16.4. The minimum Gasteiger partial charge on any atom is -0.481 e. The van der Waals surface area contributed by atoms with Gasteiger partial charge in [-0.2, -0.15) is 0 Å². The molecule has 0 saturated heterocycles. The molecule has 0 bridgehead atoms. The highest BCUT2D eigenvalue weighted by Gasteiger charge is 2.07. The first-order valence-corrected chi connectivity index (χ1v) is 1.86. The Kier molecular flexibility index (Phi) is 0.955. The van der Waals surface area contributed by atoms with Crippen LogP contribution in [0.5, 0.6) is 0 Å². The van der Waals surface area contributed by atoms with E-state index in [0.29, 0.717) is 0 Å². The first-order valence-electron chi connectivity index (χ1n) is 3.86. The van der Waals surface area contributed by atoms with Crippen molar-refractivity contribution in [2.24, 2.45) is 0 Å². The summed E-state index contributed by atoms with van der Waals surface area (Å²) in [5.41, 5.74) is -1.39. The lowest BCUT2D eigenvalue weighted by molar-refractivity contribution is -0.139. The summed E-state index contributed by atoms with van der Waals surface area (Å²) in [6.07, 6.45) is -3.22. The molecule has 0 rings (SSSR count). The monoisotopic (exact) mass is 134 g/mol. The van der Waals surface area contributed by atoms with Crippen LogP contribution in [-0.4, -0.2) is 22.2 Å². The minimum absolute atomic E-state index is 1.36. The van der Waals surface area contributed by atoms with Gasteiger partial charge in [-0.25, -0.2) is 4.79 Å².